The Balaban J connectivity index is 1.56. The fraction of sp³-hybridized carbons (Fsp3) is 0.421. The van der Waals surface area contributed by atoms with Crippen LogP contribution in [0.15, 0.2) is 36.8 Å². The van der Waals surface area contributed by atoms with Gasteiger partial charge in [0, 0.05) is 37.4 Å². The number of aryl methyl sites for hydroxylation is 1. The lowest BCUT2D eigenvalue weighted by molar-refractivity contribution is 0.0706. The number of hydrogen-bond acceptors (Lipinski definition) is 4. The number of aromatic nitrogens is 2. The summed E-state index contributed by atoms with van der Waals surface area (Å²) in [5.74, 6) is 0.443. The highest BCUT2D eigenvalue weighted by atomic mass is 16.2. The number of likely N-dealkylation sites (tertiary alicyclic amines) is 1. The van der Waals surface area contributed by atoms with Crippen LogP contribution in [0.2, 0.25) is 0 Å². The van der Waals surface area contributed by atoms with Crippen LogP contribution in [0.1, 0.15) is 46.8 Å². The number of nitrogens with zero attached hydrogens (tertiary/aromatic N) is 3. The molecule has 1 fully saturated rings. The maximum absolute atomic E-state index is 13.1. The summed E-state index contributed by atoms with van der Waals surface area (Å²) in [7, 11) is 0. The molecule has 0 saturated carbocycles. The topological polar surface area (TPSA) is 58.1 Å². The van der Waals surface area contributed by atoms with Crippen molar-refractivity contribution in [2.24, 2.45) is 0 Å². The molecule has 1 saturated heterocycles. The number of rotatable bonds is 2. The summed E-state index contributed by atoms with van der Waals surface area (Å²) in [4.78, 5) is 23.5. The minimum atomic E-state index is 0.139. The summed E-state index contributed by atoms with van der Waals surface area (Å²) in [6.07, 6.45) is 7.64. The van der Waals surface area contributed by atoms with Crippen LogP contribution in [0.5, 0.6) is 0 Å². The van der Waals surface area contributed by atoms with Crippen molar-refractivity contribution in [1.29, 1.82) is 0 Å². The summed E-state index contributed by atoms with van der Waals surface area (Å²) >= 11 is 0. The number of benzene rings is 1. The van der Waals surface area contributed by atoms with Crippen LogP contribution in [-0.4, -0.2) is 40.4 Å². The quantitative estimate of drug-likeness (QED) is 0.924. The maximum atomic E-state index is 13.1. The molecule has 3 heterocycles. The van der Waals surface area contributed by atoms with Gasteiger partial charge in [0.05, 0.1) is 11.3 Å². The Morgan fingerprint density at radius 1 is 1.25 bits per heavy atom. The molecule has 5 nitrogen and oxygen atoms in total. The van der Waals surface area contributed by atoms with Crippen LogP contribution in [0.25, 0.3) is 0 Å². The van der Waals surface area contributed by atoms with Crippen molar-refractivity contribution in [3.05, 3.63) is 53.6 Å². The van der Waals surface area contributed by atoms with Crippen LogP contribution in [0.3, 0.4) is 0 Å². The molecule has 5 heteroatoms. The second-order valence-electron chi connectivity index (χ2n) is 6.59. The van der Waals surface area contributed by atoms with Crippen molar-refractivity contribution in [3.63, 3.8) is 0 Å². The van der Waals surface area contributed by atoms with E-state index in [0.29, 0.717) is 5.92 Å². The van der Waals surface area contributed by atoms with E-state index in [-0.39, 0.29) is 5.91 Å². The van der Waals surface area contributed by atoms with E-state index < -0.39 is 0 Å². The molecule has 0 aliphatic carbocycles. The number of hydrogen-bond donors (Lipinski definition) is 1. The molecule has 2 aliphatic rings. The third-order valence-corrected chi connectivity index (χ3v) is 5.04. The van der Waals surface area contributed by atoms with Gasteiger partial charge in [0.15, 0.2) is 0 Å². The molecular weight excluding hydrogens is 300 g/mol. The minimum absolute atomic E-state index is 0.139. The zero-order valence-corrected chi connectivity index (χ0v) is 13.7. The van der Waals surface area contributed by atoms with Crippen LogP contribution in [0, 0.1) is 0 Å². The van der Waals surface area contributed by atoms with Crippen molar-refractivity contribution in [1.82, 2.24) is 14.9 Å². The smallest absolute Gasteiger partial charge is 0.255 e. The van der Waals surface area contributed by atoms with E-state index in [4.69, 9.17) is 0 Å². The highest BCUT2D eigenvalue weighted by Crippen LogP contribution is 2.30. The van der Waals surface area contributed by atoms with E-state index in [1.165, 1.54) is 5.56 Å². The molecule has 124 valence electrons. The van der Waals surface area contributed by atoms with Gasteiger partial charge in [0.25, 0.3) is 5.91 Å². The van der Waals surface area contributed by atoms with Gasteiger partial charge in [0.1, 0.15) is 6.33 Å². The first-order valence-corrected chi connectivity index (χ1v) is 8.74. The number of para-hydroxylation sites is 1. The molecule has 0 bridgehead atoms. The first-order chi connectivity index (χ1) is 11.8. The van der Waals surface area contributed by atoms with Gasteiger partial charge in [0.2, 0.25) is 0 Å². The zero-order chi connectivity index (χ0) is 16.4. The number of nitrogens with one attached hydrogen (secondary N) is 1. The molecule has 0 unspecified atom stereocenters. The Bertz CT molecular complexity index is 731. The van der Waals surface area contributed by atoms with E-state index in [9.17, 15) is 4.79 Å². The number of carbonyl (C=O) groups excluding carboxylic acids is 1. The van der Waals surface area contributed by atoms with Crippen molar-refractivity contribution in [3.8, 4) is 0 Å². The first-order valence-electron chi connectivity index (χ1n) is 8.74. The van der Waals surface area contributed by atoms with Crippen LogP contribution >= 0.6 is 0 Å². The van der Waals surface area contributed by atoms with Crippen LogP contribution in [-0.2, 0) is 6.42 Å². The van der Waals surface area contributed by atoms with Gasteiger partial charge in [-0.15, -0.1) is 0 Å². The lowest BCUT2D eigenvalue weighted by Gasteiger charge is -2.33. The Labute approximate surface area is 142 Å². The van der Waals surface area contributed by atoms with E-state index in [1.807, 2.05) is 23.1 Å². The van der Waals surface area contributed by atoms with Gasteiger partial charge in [-0.2, -0.15) is 0 Å². The summed E-state index contributed by atoms with van der Waals surface area (Å²) in [5, 5.41) is 3.43. The monoisotopic (exact) mass is 322 g/mol. The summed E-state index contributed by atoms with van der Waals surface area (Å²) < 4.78 is 0. The Morgan fingerprint density at radius 3 is 3.08 bits per heavy atom. The summed E-state index contributed by atoms with van der Waals surface area (Å²) in [6, 6.07) is 8.04. The second kappa shape index (κ2) is 6.59. The Hall–Kier alpha value is -2.43. The largest absolute Gasteiger partial charge is 0.384 e. The highest BCUT2D eigenvalue weighted by Gasteiger charge is 2.28. The van der Waals surface area contributed by atoms with E-state index in [2.05, 4.69) is 21.4 Å². The molecular formula is C19H22N4O. The zero-order valence-electron chi connectivity index (χ0n) is 13.7. The second-order valence-corrected chi connectivity index (χ2v) is 6.59. The maximum Gasteiger partial charge on any atom is 0.255 e. The van der Waals surface area contributed by atoms with E-state index in [1.54, 1.807) is 12.5 Å². The first kappa shape index (κ1) is 15.1. The van der Waals surface area contributed by atoms with Gasteiger partial charge >= 0.3 is 0 Å². The number of fused-ring (bicyclic) bond motifs is 1. The highest BCUT2D eigenvalue weighted by molar-refractivity contribution is 6.00. The molecule has 1 amide bonds. The average Bonchev–Trinajstić information content (AvgIpc) is 2.68. The number of amides is 1. The predicted molar refractivity (Wildman–Crippen MR) is 93.2 cm³/mol. The third-order valence-electron chi connectivity index (χ3n) is 5.04. The van der Waals surface area contributed by atoms with Gasteiger partial charge in [-0.25, -0.2) is 9.97 Å². The van der Waals surface area contributed by atoms with Gasteiger partial charge < -0.3 is 10.2 Å². The van der Waals surface area contributed by atoms with Crippen molar-refractivity contribution in [2.45, 2.75) is 31.6 Å². The Morgan fingerprint density at radius 2 is 2.21 bits per heavy atom. The van der Waals surface area contributed by atoms with Crippen LogP contribution < -0.4 is 5.32 Å². The van der Waals surface area contributed by atoms with Crippen LogP contribution in [0.4, 0.5) is 5.69 Å². The predicted octanol–water partition coefficient (Wildman–Crippen LogP) is 2.85. The van der Waals surface area contributed by atoms with E-state index >= 15 is 0 Å². The third kappa shape index (κ3) is 2.86. The van der Waals surface area contributed by atoms with Gasteiger partial charge in [-0.1, -0.05) is 12.1 Å². The normalized spacial score (nSPS) is 20.2. The summed E-state index contributed by atoms with van der Waals surface area (Å²) in [5.41, 5.74) is 4.15. The molecule has 24 heavy (non-hydrogen) atoms. The van der Waals surface area contributed by atoms with Crippen molar-refractivity contribution in [2.75, 3.05) is 25.0 Å². The number of carbonyl (C=O) groups is 1. The molecule has 1 aromatic carbocycles. The lowest BCUT2D eigenvalue weighted by Crippen LogP contribution is -2.39. The summed E-state index contributed by atoms with van der Waals surface area (Å²) in [6.45, 7) is 2.50. The molecule has 2 aromatic rings. The molecule has 0 radical (unpaired) electrons. The molecule has 0 spiro atoms. The molecule has 2 aliphatic heterocycles. The van der Waals surface area contributed by atoms with Gasteiger partial charge in [-0.3, -0.25) is 4.79 Å². The average molecular weight is 322 g/mol. The molecule has 1 aromatic heterocycles. The minimum Gasteiger partial charge on any atom is -0.384 e. The fourth-order valence-electron chi connectivity index (χ4n) is 3.80. The Kier molecular flexibility index (Phi) is 4.15. The SMILES string of the molecule is O=C(c1cccc2c1NCCC2)N1CCC[C@H](c2ccncn2)C1. The molecule has 1 N–H and O–H groups in total. The van der Waals surface area contributed by atoms with E-state index in [0.717, 1.165) is 62.3 Å². The number of anilines is 1. The molecule has 1 atom stereocenters. The molecule has 4 rings (SSSR count). The number of piperidine rings is 1. The standard InChI is InChI=1S/C19H22N4O/c24-19(16-7-1-4-14-5-2-9-21-18(14)16)23-11-3-6-15(12-23)17-8-10-20-13-22-17/h1,4,7-8,10,13,15,21H,2-3,5-6,9,11-12H2/t15-/m0/s1. The van der Waals surface area contributed by atoms with Crippen molar-refractivity contribution < 1.29 is 4.79 Å². The van der Waals surface area contributed by atoms with Gasteiger partial charge in [-0.05, 0) is 43.4 Å². The lowest BCUT2D eigenvalue weighted by atomic mass is 9.93. The fourth-order valence-corrected chi connectivity index (χ4v) is 3.80. The van der Waals surface area contributed by atoms with Crippen molar-refractivity contribution >= 4 is 11.6 Å².